The highest BCUT2D eigenvalue weighted by Gasteiger charge is 2.17. The molecule has 1 fully saturated rings. The molecule has 0 saturated carbocycles. The summed E-state index contributed by atoms with van der Waals surface area (Å²) in [5, 5.41) is 4.07. The third kappa shape index (κ3) is 2.06. The standard InChI is InChI=1S/C15H19N3O/c1-10-5-6-13-14(11(10)2)17-9-18(15(13)19)12-4-3-7-16-8-12/h5-6,9,12,16H,3-4,7-8H2,1-2H3. The van der Waals surface area contributed by atoms with Crippen molar-refractivity contribution in [2.45, 2.75) is 32.7 Å². The van der Waals surface area contributed by atoms with Gasteiger partial charge < -0.3 is 5.32 Å². The van der Waals surface area contributed by atoms with Crippen molar-refractivity contribution in [1.82, 2.24) is 14.9 Å². The number of benzene rings is 1. The molecule has 0 amide bonds. The lowest BCUT2D eigenvalue weighted by Gasteiger charge is -2.24. The average molecular weight is 257 g/mol. The van der Waals surface area contributed by atoms with Gasteiger partial charge in [-0.25, -0.2) is 4.98 Å². The van der Waals surface area contributed by atoms with E-state index in [2.05, 4.69) is 10.3 Å². The van der Waals surface area contributed by atoms with E-state index in [1.807, 2.05) is 26.0 Å². The second kappa shape index (κ2) is 4.78. The zero-order chi connectivity index (χ0) is 13.4. The lowest BCUT2D eigenvalue weighted by atomic mass is 10.1. The van der Waals surface area contributed by atoms with Crippen LogP contribution in [-0.2, 0) is 0 Å². The molecule has 0 radical (unpaired) electrons. The van der Waals surface area contributed by atoms with Crippen LogP contribution in [0, 0.1) is 13.8 Å². The van der Waals surface area contributed by atoms with Gasteiger partial charge in [-0.05, 0) is 50.4 Å². The van der Waals surface area contributed by atoms with E-state index in [-0.39, 0.29) is 11.6 Å². The van der Waals surface area contributed by atoms with Crippen molar-refractivity contribution in [3.63, 3.8) is 0 Å². The quantitative estimate of drug-likeness (QED) is 0.849. The second-order valence-corrected chi connectivity index (χ2v) is 5.36. The van der Waals surface area contributed by atoms with Gasteiger partial charge in [-0.1, -0.05) is 6.07 Å². The van der Waals surface area contributed by atoms with Gasteiger partial charge in [-0.2, -0.15) is 0 Å². The summed E-state index contributed by atoms with van der Waals surface area (Å²) in [5.41, 5.74) is 3.20. The highest BCUT2D eigenvalue weighted by molar-refractivity contribution is 5.81. The number of aromatic nitrogens is 2. The van der Waals surface area contributed by atoms with Crippen molar-refractivity contribution in [2.24, 2.45) is 0 Å². The molecule has 1 saturated heterocycles. The molecule has 19 heavy (non-hydrogen) atoms. The minimum absolute atomic E-state index is 0.0850. The minimum Gasteiger partial charge on any atom is -0.315 e. The van der Waals surface area contributed by atoms with Gasteiger partial charge in [-0.3, -0.25) is 9.36 Å². The van der Waals surface area contributed by atoms with Crippen LogP contribution < -0.4 is 10.9 Å². The first-order valence-electron chi connectivity index (χ1n) is 6.86. The van der Waals surface area contributed by atoms with Crippen LogP contribution in [0.1, 0.15) is 30.0 Å². The number of piperidine rings is 1. The zero-order valence-electron chi connectivity index (χ0n) is 11.4. The number of fused-ring (bicyclic) bond motifs is 1. The highest BCUT2D eigenvalue weighted by Crippen LogP contribution is 2.19. The summed E-state index contributed by atoms with van der Waals surface area (Å²) in [6.07, 6.45) is 3.88. The van der Waals surface area contributed by atoms with Crippen molar-refractivity contribution in [2.75, 3.05) is 13.1 Å². The molecular weight excluding hydrogens is 238 g/mol. The third-order valence-corrected chi connectivity index (χ3v) is 4.14. The number of nitrogens with one attached hydrogen (secondary N) is 1. The largest absolute Gasteiger partial charge is 0.315 e. The topological polar surface area (TPSA) is 46.9 Å². The molecule has 0 spiro atoms. The first kappa shape index (κ1) is 12.4. The van der Waals surface area contributed by atoms with Gasteiger partial charge in [0.05, 0.1) is 23.3 Å². The summed E-state index contributed by atoms with van der Waals surface area (Å²) in [4.78, 5) is 17.1. The molecule has 1 aromatic heterocycles. The fourth-order valence-corrected chi connectivity index (χ4v) is 2.78. The second-order valence-electron chi connectivity index (χ2n) is 5.36. The van der Waals surface area contributed by atoms with Gasteiger partial charge in [0, 0.05) is 6.54 Å². The molecule has 3 rings (SSSR count). The molecule has 1 aromatic carbocycles. The maximum atomic E-state index is 12.6. The molecule has 0 aliphatic carbocycles. The summed E-state index contributed by atoms with van der Waals surface area (Å²) in [6, 6.07) is 4.14. The van der Waals surface area contributed by atoms with E-state index in [1.54, 1.807) is 10.9 Å². The summed E-state index contributed by atoms with van der Waals surface area (Å²) < 4.78 is 1.79. The molecule has 2 heterocycles. The van der Waals surface area contributed by atoms with Crippen molar-refractivity contribution in [1.29, 1.82) is 0 Å². The number of hydrogen-bond donors (Lipinski definition) is 1. The van der Waals surface area contributed by atoms with Crippen molar-refractivity contribution in [3.05, 3.63) is 39.9 Å². The zero-order valence-corrected chi connectivity index (χ0v) is 11.4. The van der Waals surface area contributed by atoms with E-state index in [1.165, 1.54) is 5.56 Å². The van der Waals surface area contributed by atoms with Crippen molar-refractivity contribution in [3.8, 4) is 0 Å². The van der Waals surface area contributed by atoms with Gasteiger partial charge in [0.15, 0.2) is 0 Å². The number of rotatable bonds is 1. The Labute approximate surface area is 112 Å². The van der Waals surface area contributed by atoms with Crippen LogP contribution in [0.3, 0.4) is 0 Å². The van der Waals surface area contributed by atoms with Gasteiger partial charge in [0.2, 0.25) is 0 Å². The molecule has 1 N–H and O–H groups in total. The van der Waals surface area contributed by atoms with E-state index in [0.29, 0.717) is 0 Å². The molecule has 100 valence electrons. The molecule has 2 aromatic rings. The van der Waals surface area contributed by atoms with Crippen LogP contribution in [-0.4, -0.2) is 22.6 Å². The van der Waals surface area contributed by atoms with Gasteiger partial charge in [0.1, 0.15) is 0 Å². The Hall–Kier alpha value is -1.68. The molecule has 1 atom stereocenters. The Morgan fingerprint density at radius 3 is 2.95 bits per heavy atom. The molecule has 1 aliphatic heterocycles. The van der Waals surface area contributed by atoms with Crippen LogP contribution in [0.25, 0.3) is 10.9 Å². The van der Waals surface area contributed by atoms with E-state index in [4.69, 9.17) is 0 Å². The number of nitrogens with zero attached hydrogens (tertiary/aromatic N) is 2. The maximum absolute atomic E-state index is 12.6. The fraction of sp³-hybridized carbons (Fsp3) is 0.467. The Bertz CT molecular complexity index is 669. The first-order valence-corrected chi connectivity index (χ1v) is 6.86. The van der Waals surface area contributed by atoms with E-state index >= 15 is 0 Å². The number of hydrogen-bond acceptors (Lipinski definition) is 3. The predicted molar refractivity (Wildman–Crippen MR) is 76.6 cm³/mol. The summed E-state index contributed by atoms with van der Waals surface area (Å²) in [7, 11) is 0. The van der Waals surface area contributed by atoms with Gasteiger partial charge in [-0.15, -0.1) is 0 Å². The van der Waals surface area contributed by atoms with Crippen molar-refractivity contribution < 1.29 is 0 Å². The van der Waals surface area contributed by atoms with Crippen LogP contribution in [0.5, 0.6) is 0 Å². The van der Waals surface area contributed by atoms with Crippen LogP contribution >= 0.6 is 0 Å². The average Bonchev–Trinajstić information content (AvgIpc) is 2.44. The molecule has 1 unspecified atom stereocenters. The van der Waals surface area contributed by atoms with Crippen LogP contribution in [0.4, 0.5) is 0 Å². The normalized spacial score (nSPS) is 19.8. The van der Waals surface area contributed by atoms with E-state index in [0.717, 1.165) is 42.4 Å². The van der Waals surface area contributed by atoms with E-state index < -0.39 is 0 Å². The molecule has 4 nitrogen and oxygen atoms in total. The van der Waals surface area contributed by atoms with Crippen LogP contribution in [0.15, 0.2) is 23.3 Å². The molecule has 0 bridgehead atoms. The fourth-order valence-electron chi connectivity index (χ4n) is 2.78. The van der Waals surface area contributed by atoms with Gasteiger partial charge in [0.25, 0.3) is 5.56 Å². The van der Waals surface area contributed by atoms with Crippen LogP contribution in [0.2, 0.25) is 0 Å². The number of aryl methyl sites for hydroxylation is 2. The lowest BCUT2D eigenvalue weighted by molar-refractivity contribution is 0.363. The Morgan fingerprint density at radius 1 is 1.37 bits per heavy atom. The SMILES string of the molecule is Cc1ccc2c(=O)n(C3CCCNC3)cnc2c1C. The monoisotopic (exact) mass is 257 g/mol. The predicted octanol–water partition coefficient (Wildman–Crippen LogP) is 1.94. The minimum atomic E-state index is 0.0850. The Morgan fingerprint density at radius 2 is 2.21 bits per heavy atom. The summed E-state index contributed by atoms with van der Waals surface area (Å²) in [5.74, 6) is 0. The maximum Gasteiger partial charge on any atom is 0.261 e. The molecule has 4 heteroatoms. The smallest absolute Gasteiger partial charge is 0.261 e. The first-order chi connectivity index (χ1) is 9.18. The summed E-state index contributed by atoms with van der Waals surface area (Å²) in [6.45, 7) is 5.98. The van der Waals surface area contributed by atoms with E-state index in [9.17, 15) is 4.79 Å². The summed E-state index contributed by atoms with van der Waals surface area (Å²) >= 11 is 0. The highest BCUT2D eigenvalue weighted by atomic mass is 16.1. The molecular formula is C15H19N3O. The third-order valence-electron chi connectivity index (χ3n) is 4.14. The molecule has 1 aliphatic rings. The lowest BCUT2D eigenvalue weighted by Crippen LogP contribution is -2.36. The van der Waals surface area contributed by atoms with Gasteiger partial charge >= 0.3 is 0 Å². The Balaban J connectivity index is 2.16. The van der Waals surface area contributed by atoms with Crippen molar-refractivity contribution >= 4 is 10.9 Å². The Kier molecular flexibility index (Phi) is 3.11.